The van der Waals surface area contributed by atoms with E-state index >= 15 is 0 Å². The first-order valence-corrected chi connectivity index (χ1v) is 6.07. The van der Waals surface area contributed by atoms with Gasteiger partial charge in [-0.05, 0) is 44.0 Å². The standard InChI is InChI=1S/C12H16BrNO/c1-12(15)5-6-14-11(8-12)9-3-2-4-10(13)7-9/h2-4,7,11,14-15H,5-6,8H2,1H3. The molecule has 1 fully saturated rings. The molecule has 0 spiro atoms. The molecule has 0 aliphatic carbocycles. The Morgan fingerprint density at radius 1 is 1.53 bits per heavy atom. The quantitative estimate of drug-likeness (QED) is 0.822. The molecule has 2 rings (SSSR count). The lowest BCUT2D eigenvalue weighted by Gasteiger charge is -2.35. The van der Waals surface area contributed by atoms with E-state index in [0.717, 1.165) is 23.9 Å². The van der Waals surface area contributed by atoms with Crippen LogP contribution in [0.1, 0.15) is 31.4 Å². The van der Waals surface area contributed by atoms with E-state index in [9.17, 15) is 5.11 Å². The van der Waals surface area contributed by atoms with Crippen LogP contribution in [0, 0.1) is 0 Å². The Bertz CT molecular complexity index is 351. The van der Waals surface area contributed by atoms with Crippen molar-refractivity contribution in [3.8, 4) is 0 Å². The molecule has 15 heavy (non-hydrogen) atoms. The van der Waals surface area contributed by atoms with Gasteiger partial charge in [-0.25, -0.2) is 0 Å². The van der Waals surface area contributed by atoms with Crippen molar-refractivity contribution in [2.75, 3.05) is 6.54 Å². The van der Waals surface area contributed by atoms with Gasteiger partial charge in [-0.1, -0.05) is 28.1 Å². The molecule has 2 nitrogen and oxygen atoms in total. The van der Waals surface area contributed by atoms with E-state index in [1.54, 1.807) is 0 Å². The Labute approximate surface area is 98.8 Å². The summed E-state index contributed by atoms with van der Waals surface area (Å²) >= 11 is 3.47. The van der Waals surface area contributed by atoms with E-state index in [2.05, 4.69) is 33.4 Å². The maximum absolute atomic E-state index is 10.0. The highest BCUT2D eigenvalue weighted by atomic mass is 79.9. The SMILES string of the molecule is CC1(O)CCNC(c2cccc(Br)c2)C1. The van der Waals surface area contributed by atoms with E-state index < -0.39 is 5.60 Å². The molecule has 0 radical (unpaired) electrons. The molecule has 2 atom stereocenters. The van der Waals surface area contributed by atoms with Crippen molar-refractivity contribution in [2.24, 2.45) is 0 Å². The Balaban J connectivity index is 2.17. The van der Waals surface area contributed by atoms with Crippen molar-refractivity contribution in [1.82, 2.24) is 5.32 Å². The molecule has 0 aromatic heterocycles. The third-order valence-corrected chi connectivity index (χ3v) is 3.44. The van der Waals surface area contributed by atoms with Crippen molar-refractivity contribution in [2.45, 2.75) is 31.4 Å². The highest BCUT2D eigenvalue weighted by molar-refractivity contribution is 9.10. The van der Waals surface area contributed by atoms with Gasteiger partial charge >= 0.3 is 0 Å². The molecule has 1 heterocycles. The summed E-state index contributed by atoms with van der Waals surface area (Å²) in [6.07, 6.45) is 1.61. The second kappa shape index (κ2) is 4.24. The van der Waals surface area contributed by atoms with Crippen LogP contribution in [0.3, 0.4) is 0 Å². The summed E-state index contributed by atoms with van der Waals surface area (Å²) in [5.41, 5.74) is 0.711. The molecule has 1 saturated heterocycles. The maximum Gasteiger partial charge on any atom is 0.0650 e. The van der Waals surface area contributed by atoms with E-state index in [1.165, 1.54) is 5.56 Å². The summed E-state index contributed by atoms with van der Waals surface area (Å²) in [5.74, 6) is 0. The second-order valence-corrected chi connectivity index (χ2v) is 5.43. The zero-order chi connectivity index (χ0) is 10.9. The summed E-state index contributed by atoms with van der Waals surface area (Å²) in [4.78, 5) is 0. The molecule has 0 bridgehead atoms. The van der Waals surface area contributed by atoms with Crippen molar-refractivity contribution in [3.05, 3.63) is 34.3 Å². The number of nitrogens with one attached hydrogen (secondary N) is 1. The summed E-state index contributed by atoms with van der Waals surface area (Å²) in [6.45, 7) is 2.79. The highest BCUT2D eigenvalue weighted by Crippen LogP contribution is 2.30. The summed E-state index contributed by atoms with van der Waals surface area (Å²) in [5, 5.41) is 13.5. The number of hydrogen-bond acceptors (Lipinski definition) is 2. The molecule has 2 N–H and O–H groups in total. The molecule has 1 aromatic carbocycles. The fraction of sp³-hybridized carbons (Fsp3) is 0.500. The molecule has 3 heteroatoms. The van der Waals surface area contributed by atoms with Crippen LogP contribution in [0.25, 0.3) is 0 Å². The van der Waals surface area contributed by atoms with Gasteiger partial charge in [-0.2, -0.15) is 0 Å². The predicted molar refractivity (Wildman–Crippen MR) is 64.7 cm³/mol. The van der Waals surface area contributed by atoms with Gasteiger partial charge in [0, 0.05) is 10.5 Å². The molecular formula is C12H16BrNO. The first kappa shape index (κ1) is 11.1. The van der Waals surface area contributed by atoms with Crippen molar-refractivity contribution in [3.63, 3.8) is 0 Å². The first-order chi connectivity index (χ1) is 7.07. The number of halogens is 1. The molecule has 0 saturated carbocycles. The lowest BCUT2D eigenvalue weighted by molar-refractivity contribution is 0.0132. The summed E-state index contributed by atoms with van der Waals surface area (Å²) in [6, 6.07) is 8.53. The lowest BCUT2D eigenvalue weighted by Crippen LogP contribution is -2.41. The number of hydrogen-bond donors (Lipinski definition) is 2. The first-order valence-electron chi connectivity index (χ1n) is 5.28. The van der Waals surface area contributed by atoms with Crippen molar-refractivity contribution >= 4 is 15.9 Å². The molecule has 0 amide bonds. The topological polar surface area (TPSA) is 32.3 Å². The molecular weight excluding hydrogens is 254 g/mol. The highest BCUT2D eigenvalue weighted by Gasteiger charge is 2.30. The van der Waals surface area contributed by atoms with Crippen molar-refractivity contribution in [1.29, 1.82) is 0 Å². The van der Waals surface area contributed by atoms with E-state index in [0.29, 0.717) is 0 Å². The third kappa shape index (κ3) is 2.80. The van der Waals surface area contributed by atoms with E-state index in [-0.39, 0.29) is 6.04 Å². The van der Waals surface area contributed by atoms with Crippen LogP contribution in [-0.4, -0.2) is 17.3 Å². The number of benzene rings is 1. The minimum Gasteiger partial charge on any atom is -0.390 e. The Morgan fingerprint density at radius 2 is 2.33 bits per heavy atom. The van der Waals surface area contributed by atoms with Gasteiger partial charge in [-0.15, -0.1) is 0 Å². The van der Waals surface area contributed by atoms with Crippen LogP contribution in [0.15, 0.2) is 28.7 Å². The fourth-order valence-electron chi connectivity index (χ4n) is 2.09. The minimum absolute atomic E-state index is 0.270. The second-order valence-electron chi connectivity index (χ2n) is 4.51. The Kier molecular flexibility index (Phi) is 3.14. The van der Waals surface area contributed by atoms with E-state index in [4.69, 9.17) is 0 Å². The van der Waals surface area contributed by atoms with Crippen LogP contribution in [0.5, 0.6) is 0 Å². The number of rotatable bonds is 1. The van der Waals surface area contributed by atoms with Crippen LogP contribution in [0.2, 0.25) is 0 Å². The third-order valence-electron chi connectivity index (χ3n) is 2.95. The average molecular weight is 270 g/mol. The smallest absolute Gasteiger partial charge is 0.0650 e. The van der Waals surface area contributed by atoms with Crippen LogP contribution >= 0.6 is 15.9 Å². The Hall–Kier alpha value is -0.380. The fourth-order valence-corrected chi connectivity index (χ4v) is 2.51. The van der Waals surface area contributed by atoms with Crippen molar-refractivity contribution < 1.29 is 5.11 Å². The van der Waals surface area contributed by atoms with Gasteiger partial charge in [0.2, 0.25) is 0 Å². The van der Waals surface area contributed by atoms with Gasteiger partial charge < -0.3 is 10.4 Å². The zero-order valence-corrected chi connectivity index (χ0v) is 10.4. The molecule has 2 unspecified atom stereocenters. The van der Waals surface area contributed by atoms with Crippen LogP contribution < -0.4 is 5.32 Å². The molecule has 1 aliphatic heterocycles. The van der Waals surface area contributed by atoms with Gasteiger partial charge in [-0.3, -0.25) is 0 Å². The van der Waals surface area contributed by atoms with Gasteiger partial charge in [0.15, 0.2) is 0 Å². The monoisotopic (exact) mass is 269 g/mol. The predicted octanol–water partition coefficient (Wildman–Crippen LogP) is 2.62. The maximum atomic E-state index is 10.0. The van der Waals surface area contributed by atoms with Gasteiger partial charge in [0.05, 0.1) is 5.60 Å². The normalized spacial score (nSPS) is 31.5. The van der Waals surface area contributed by atoms with Crippen LogP contribution in [-0.2, 0) is 0 Å². The van der Waals surface area contributed by atoms with Gasteiger partial charge in [0.1, 0.15) is 0 Å². The zero-order valence-electron chi connectivity index (χ0n) is 8.83. The largest absolute Gasteiger partial charge is 0.390 e. The Morgan fingerprint density at radius 3 is 3.00 bits per heavy atom. The summed E-state index contributed by atoms with van der Waals surface area (Å²) in [7, 11) is 0. The van der Waals surface area contributed by atoms with E-state index in [1.807, 2.05) is 19.1 Å². The molecule has 82 valence electrons. The minimum atomic E-state index is -0.530. The molecule has 1 aromatic rings. The summed E-state index contributed by atoms with van der Waals surface area (Å²) < 4.78 is 1.09. The number of aliphatic hydroxyl groups is 1. The molecule has 1 aliphatic rings. The lowest BCUT2D eigenvalue weighted by atomic mass is 9.86. The van der Waals surface area contributed by atoms with Gasteiger partial charge in [0.25, 0.3) is 0 Å². The number of piperidine rings is 1. The average Bonchev–Trinajstić information content (AvgIpc) is 2.16. The van der Waals surface area contributed by atoms with Crippen LogP contribution in [0.4, 0.5) is 0 Å².